The summed E-state index contributed by atoms with van der Waals surface area (Å²) in [5.41, 5.74) is 0.998. The maximum atomic E-state index is 11.2. The second kappa shape index (κ2) is 4.30. The molecule has 0 spiro atoms. The minimum Gasteiger partial charge on any atom is -0.515 e. The first-order chi connectivity index (χ1) is 6.24. The molecule has 1 amide bonds. The van der Waals surface area contributed by atoms with Gasteiger partial charge in [0.05, 0.1) is 6.26 Å². The van der Waals surface area contributed by atoms with Crippen molar-refractivity contribution in [3.63, 3.8) is 0 Å². The van der Waals surface area contributed by atoms with Crippen LogP contribution in [0.15, 0.2) is 42.2 Å². The fraction of sp³-hybridized carbons (Fsp3) is 0.100. The normalized spacial score (nSPS) is 11.0. The van der Waals surface area contributed by atoms with Crippen LogP contribution >= 0.6 is 0 Å². The van der Waals surface area contributed by atoms with E-state index in [9.17, 15) is 4.79 Å². The Morgan fingerprint density at radius 1 is 1.38 bits per heavy atom. The van der Waals surface area contributed by atoms with E-state index in [4.69, 9.17) is 5.11 Å². The van der Waals surface area contributed by atoms with Gasteiger partial charge in [0.15, 0.2) is 0 Å². The molecule has 0 aliphatic heterocycles. The molecule has 0 aromatic heterocycles. The molecule has 0 unspecified atom stereocenters. The number of nitrogens with one attached hydrogen (secondary N) is 1. The molecule has 68 valence electrons. The zero-order valence-corrected chi connectivity index (χ0v) is 7.32. The number of aliphatic hydroxyl groups is 1. The summed E-state index contributed by atoms with van der Waals surface area (Å²) in [5.74, 6) is -0.297. The monoisotopic (exact) mass is 177 g/mol. The first-order valence-electron chi connectivity index (χ1n) is 3.91. The van der Waals surface area contributed by atoms with Crippen molar-refractivity contribution in [2.24, 2.45) is 0 Å². The molecule has 1 rings (SSSR count). The first-order valence-corrected chi connectivity index (χ1v) is 3.91. The third kappa shape index (κ3) is 2.63. The zero-order chi connectivity index (χ0) is 9.68. The summed E-state index contributed by atoms with van der Waals surface area (Å²) < 4.78 is 0. The van der Waals surface area contributed by atoms with Crippen molar-refractivity contribution in [2.45, 2.75) is 6.92 Å². The molecular formula is C10H11NO2. The molecule has 0 aliphatic carbocycles. The summed E-state index contributed by atoms with van der Waals surface area (Å²) in [6, 6.07) is 9.08. The average molecular weight is 177 g/mol. The quantitative estimate of drug-likeness (QED) is 0.536. The Balaban J connectivity index is 2.66. The van der Waals surface area contributed by atoms with Crippen LogP contribution < -0.4 is 5.32 Å². The van der Waals surface area contributed by atoms with Gasteiger partial charge in [-0.15, -0.1) is 0 Å². The highest BCUT2D eigenvalue weighted by molar-refractivity contribution is 6.02. The summed E-state index contributed by atoms with van der Waals surface area (Å²) in [5, 5.41) is 11.2. The number of carbonyl (C=O) groups is 1. The van der Waals surface area contributed by atoms with E-state index in [-0.39, 0.29) is 11.5 Å². The number of carbonyl (C=O) groups excluding carboxylic acids is 1. The topological polar surface area (TPSA) is 49.3 Å². The predicted octanol–water partition coefficient (Wildman–Crippen LogP) is 2.09. The van der Waals surface area contributed by atoms with Crippen molar-refractivity contribution in [1.82, 2.24) is 0 Å². The predicted molar refractivity (Wildman–Crippen MR) is 51.5 cm³/mol. The van der Waals surface area contributed by atoms with Gasteiger partial charge < -0.3 is 10.4 Å². The van der Waals surface area contributed by atoms with E-state index in [1.165, 1.54) is 6.92 Å². The van der Waals surface area contributed by atoms with E-state index < -0.39 is 0 Å². The highest BCUT2D eigenvalue weighted by Crippen LogP contribution is 2.06. The van der Waals surface area contributed by atoms with Crippen LogP contribution in [0.3, 0.4) is 0 Å². The lowest BCUT2D eigenvalue weighted by molar-refractivity contribution is -0.112. The van der Waals surface area contributed by atoms with E-state index in [1.807, 2.05) is 18.2 Å². The van der Waals surface area contributed by atoms with Gasteiger partial charge in [0.2, 0.25) is 0 Å². The summed E-state index contributed by atoms with van der Waals surface area (Å²) >= 11 is 0. The fourth-order valence-corrected chi connectivity index (χ4v) is 0.810. The number of anilines is 1. The van der Waals surface area contributed by atoms with Crippen LogP contribution in [0.5, 0.6) is 0 Å². The van der Waals surface area contributed by atoms with Gasteiger partial charge in [0.1, 0.15) is 0 Å². The summed E-state index contributed by atoms with van der Waals surface area (Å²) in [4.78, 5) is 11.2. The Kier molecular flexibility index (Phi) is 3.09. The van der Waals surface area contributed by atoms with Gasteiger partial charge >= 0.3 is 0 Å². The molecule has 1 aromatic rings. The maximum Gasteiger partial charge on any atom is 0.254 e. The van der Waals surface area contributed by atoms with Crippen LogP contribution in [-0.4, -0.2) is 11.0 Å². The summed E-state index contributed by atoms with van der Waals surface area (Å²) in [7, 11) is 0. The summed E-state index contributed by atoms with van der Waals surface area (Å²) in [6.45, 7) is 1.54. The molecular weight excluding hydrogens is 166 g/mol. The SMILES string of the molecule is C/C(=C/O)C(=O)Nc1ccccc1. The van der Waals surface area contributed by atoms with Crippen LogP contribution in [-0.2, 0) is 4.79 Å². The number of hydrogen-bond acceptors (Lipinski definition) is 2. The molecule has 3 nitrogen and oxygen atoms in total. The summed E-state index contributed by atoms with van der Waals surface area (Å²) in [6.07, 6.45) is 0.790. The number of rotatable bonds is 2. The van der Waals surface area contributed by atoms with Crippen molar-refractivity contribution >= 4 is 11.6 Å². The molecule has 0 fully saturated rings. The van der Waals surface area contributed by atoms with Crippen molar-refractivity contribution in [3.05, 3.63) is 42.2 Å². The zero-order valence-electron chi connectivity index (χ0n) is 7.32. The average Bonchev–Trinajstić information content (AvgIpc) is 2.18. The minimum absolute atomic E-state index is 0.281. The van der Waals surface area contributed by atoms with Gasteiger partial charge in [-0.05, 0) is 19.1 Å². The Bertz CT molecular complexity index is 317. The number of aliphatic hydroxyl groups excluding tert-OH is 1. The second-order valence-electron chi connectivity index (χ2n) is 2.63. The Morgan fingerprint density at radius 3 is 2.54 bits per heavy atom. The lowest BCUT2D eigenvalue weighted by Crippen LogP contribution is -2.12. The standard InChI is InChI=1S/C10H11NO2/c1-8(7-12)10(13)11-9-5-3-2-4-6-9/h2-7,12H,1H3,(H,11,13)/b8-7-. The fourth-order valence-electron chi connectivity index (χ4n) is 0.810. The van der Waals surface area contributed by atoms with Gasteiger partial charge in [0.25, 0.3) is 5.91 Å². The number of amides is 1. The van der Waals surface area contributed by atoms with Gasteiger partial charge in [0, 0.05) is 11.3 Å². The lowest BCUT2D eigenvalue weighted by Gasteiger charge is -2.03. The van der Waals surface area contributed by atoms with Gasteiger partial charge in [-0.1, -0.05) is 18.2 Å². The highest BCUT2D eigenvalue weighted by Gasteiger charge is 2.03. The molecule has 13 heavy (non-hydrogen) atoms. The van der Waals surface area contributed by atoms with Crippen molar-refractivity contribution in [3.8, 4) is 0 Å². The molecule has 0 heterocycles. The molecule has 1 aromatic carbocycles. The Labute approximate surface area is 76.7 Å². The maximum absolute atomic E-state index is 11.2. The second-order valence-corrected chi connectivity index (χ2v) is 2.63. The van der Waals surface area contributed by atoms with Gasteiger partial charge in [-0.3, -0.25) is 4.79 Å². The molecule has 0 aliphatic rings. The molecule has 0 radical (unpaired) electrons. The van der Waals surface area contributed by atoms with Gasteiger partial charge in [-0.25, -0.2) is 0 Å². The Morgan fingerprint density at radius 2 is 2.00 bits per heavy atom. The van der Waals surface area contributed by atoms with Crippen LogP contribution in [0.25, 0.3) is 0 Å². The molecule has 3 heteroatoms. The molecule has 0 atom stereocenters. The van der Waals surface area contributed by atoms with E-state index in [2.05, 4.69) is 5.32 Å². The van der Waals surface area contributed by atoms with Gasteiger partial charge in [-0.2, -0.15) is 0 Å². The van der Waals surface area contributed by atoms with Crippen LogP contribution in [0.4, 0.5) is 5.69 Å². The highest BCUT2D eigenvalue weighted by atomic mass is 16.2. The number of benzene rings is 1. The third-order valence-corrected chi connectivity index (χ3v) is 1.58. The van der Waals surface area contributed by atoms with E-state index in [1.54, 1.807) is 12.1 Å². The smallest absolute Gasteiger partial charge is 0.254 e. The van der Waals surface area contributed by atoms with E-state index in [0.29, 0.717) is 5.69 Å². The number of hydrogen-bond donors (Lipinski definition) is 2. The minimum atomic E-state index is -0.297. The Hall–Kier alpha value is -1.77. The molecule has 0 bridgehead atoms. The van der Waals surface area contributed by atoms with Crippen molar-refractivity contribution < 1.29 is 9.90 Å². The van der Waals surface area contributed by atoms with Crippen LogP contribution in [0.1, 0.15) is 6.92 Å². The molecule has 2 N–H and O–H groups in total. The van der Waals surface area contributed by atoms with E-state index >= 15 is 0 Å². The first kappa shape index (κ1) is 9.32. The van der Waals surface area contributed by atoms with Crippen molar-refractivity contribution in [1.29, 1.82) is 0 Å². The van der Waals surface area contributed by atoms with Crippen molar-refractivity contribution in [2.75, 3.05) is 5.32 Å². The van der Waals surface area contributed by atoms with Crippen LogP contribution in [0.2, 0.25) is 0 Å². The van der Waals surface area contributed by atoms with E-state index in [0.717, 1.165) is 6.26 Å². The molecule has 0 saturated heterocycles. The largest absolute Gasteiger partial charge is 0.515 e. The lowest BCUT2D eigenvalue weighted by atomic mass is 10.3. The van der Waals surface area contributed by atoms with Crippen LogP contribution in [0, 0.1) is 0 Å². The third-order valence-electron chi connectivity index (χ3n) is 1.58. The number of para-hydroxylation sites is 1. The molecule has 0 saturated carbocycles.